The van der Waals surface area contributed by atoms with Crippen LogP contribution in [-0.2, 0) is 0 Å². The molecule has 1 rings (SSSR count). The van der Waals surface area contributed by atoms with E-state index in [4.69, 9.17) is 0 Å². The summed E-state index contributed by atoms with van der Waals surface area (Å²) >= 11 is 0. The molecule has 0 saturated heterocycles. The van der Waals surface area contributed by atoms with Crippen molar-refractivity contribution in [2.45, 2.75) is 39.3 Å². The summed E-state index contributed by atoms with van der Waals surface area (Å²) in [4.78, 5) is 0. The molecule has 0 aromatic carbocycles. The fourth-order valence-electron chi connectivity index (χ4n) is 1.67. The quantitative estimate of drug-likeness (QED) is 0.594. The minimum atomic E-state index is -0.880. The monoisotopic (exact) mass is 232 g/mol. The first-order valence-corrected chi connectivity index (χ1v) is 6.22. The van der Waals surface area contributed by atoms with E-state index in [1.54, 1.807) is 13.0 Å². The Balaban J connectivity index is 2.65. The number of allylic oxidation sites excluding steroid dienone is 10. The first-order valence-electron chi connectivity index (χ1n) is 6.22. The van der Waals surface area contributed by atoms with Gasteiger partial charge in [0.05, 0.1) is 0 Å². The largest absolute Gasteiger partial charge is 0.243 e. The molecule has 1 unspecified atom stereocenters. The van der Waals surface area contributed by atoms with Crippen LogP contribution in [0.5, 0.6) is 0 Å². The summed E-state index contributed by atoms with van der Waals surface area (Å²) in [7, 11) is 0. The number of hydrogen-bond acceptors (Lipinski definition) is 0. The summed E-state index contributed by atoms with van der Waals surface area (Å²) in [5.41, 5.74) is 2.47. The van der Waals surface area contributed by atoms with Gasteiger partial charge in [0.2, 0.25) is 0 Å². The Labute approximate surface area is 104 Å². The van der Waals surface area contributed by atoms with E-state index in [0.29, 0.717) is 0 Å². The summed E-state index contributed by atoms with van der Waals surface area (Å²) in [6, 6.07) is 0. The van der Waals surface area contributed by atoms with E-state index in [2.05, 4.69) is 30.4 Å². The molecule has 0 spiro atoms. The second kappa shape index (κ2) is 7.83. The van der Waals surface area contributed by atoms with Gasteiger partial charge in [-0.2, -0.15) is 0 Å². The molecule has 17 heavy (non-hydrogen) atoms. The number of halogens is 1. The SMILES string of the molecule is C/C=C(\C=C/C(C)F)CC1=C/CC/C=C/C=C\1. The van der Waals surface area contributed by atoms with E-state index < -0.39 is 6.17 Å². The molecule has 1 aliphatic rings. The number of hydrogen-bond donors (Lipinski definition) is 0. The maximum Gasteiger partial charge on any atom is 0.116 e. The minimum absolute atomic E-state index is 0.879. The van der Waals surface area contributed by atoms with E-state index in [1.165, 1.54) is 5.57 Å². The van der Waals surface area contributed by atoms with E-state index in [0.717, 1.165) is 24.8 Å². The Kier molecular flexibility index (Phi) is 6.31. The smallest absolute Gasteiger partial charge is 0.116 e. The van der Waals surface area contributed by atoms with Crippen molar-refractivity contribution in [3.8, 4) is 0 Å². The molecular formula is C16H21F. The van der Waals surface area contributed by atoms with Crippen LogP contribution in [0.3, 0.4) is 0 Å². The molecule has 0 N–H and O–H groups in total. The van der Waals surface area contributed by atoms with Crippen LogP contribution in [0.15, 0.2) is 59.8 Å². The van der Waals surface area contributed by atoms with Gasteiger partial charge in [0.25, 0.3) is 0 Å². The normalized spacial score (nSPS) is 25.8. The van der Waals surface area contributed by atoms with E-state index in [-0.39, 0.29) is 0 Å². The van der Waals surface area contributed by atoms with Gasteiger partial charge in [0, 0.05) is 0 Å². The zero-order valence-electron chi connectivity index (χ0n) is 10.7. The topological polar surface area (TPSA) is 0 Å². The maximum atomic E-state index is 12.7. The van der Waals surface area contributed by atoms with Gasteiger partial charge in [-0.05, 0) is 44.3 Å². The van der Waals surface area contributed by atoms with Gasteiger partial charge in [-0.1, -0.05) is 48.6 Å². The van der Waals surface area contributed by atoms with Crippen molar-refractivity contribution in [3.63, 3.8) is 0 Å². The molecule has 0 amide bonds. The molecule has 0 bridgehead atoms. The molecule has 0 saturated carbocycles. The molecule has 0 aromatic heterocycles. The Morgan fingerprint density at radius 2 is 2.24 bits per heavy atom. The van der Waals surface area contributed by atoms with Crippen LogP contribution in [0.1, 0.15) is 33.1 Å². The predicted octanol–water partition coefficient (Wildman–Crippen LogP) is 5.07. The molecule has 0 nitrogen and oxygen atoms in total. The van der Waals surface area contributed by atoms with Crippen molar-refractivity contribution >= 4 is 0 Å². The standard InChI is InChI=1S/C16H21F/c1-3-15(12-11-14(2)17)13-16-9-7-5-4-6-8-10-16/h3-5,7,9-12,14H,6,8,13H2,1-2H3/b5-4+,9-7-,12-11-,15-3+,16-10+. The average Bonchev–Trinajstić information content (AvgIpc) is 2.26. The van der Waals surface area contributed by atoms with E-state index in [1.807, 2.05) is 19.1 Å². The second-order valence-electron chi connectivity index (χ2n) is 4.22. The summed E-state index contributed by atoms with van der Waals surface area (Å²) in [5, 5.41) is 0. The lowest BCUT2D eigenvalue weighted by Crippen LogP contribution is -1.88. The Morgan fingerprint density at radius 1 is 1.41 bits per heavy atom. The van der Waals surface area contributed by atoms with Crippen molar-refractivity contribution in [2.75, 3.05) is 0 Å². The highest BCUT2D eigenvalue weighted by molar-refractivity contribution is 5.32. The van der Waals surface area contributed by atoms with Gasteiger partial charge in [0.15, 0.2) is 0 Å². The molecule has 1 atom stereocenters. The van der Waals surface area contributed by atoms with Gasteiger partial charge in [-0.3, -0.25) is 0 Å². The number of rotatable bonds is 4. The van der Waals surface area contributed by atoms with Crippen LogP contribution in [0.2, 0.25) is 0 Å². The number of alkyl halides is 1. The van der Waals surface area contributed by atoms with Crippen molar-refractivity contribution in [3.05, 3.63) is 59.8 Å². The minimum Gasteiger partial charge on any atom is -0.243 e. The first-order chi connectivity index (χ1) is 8.22. The molecule has 0 radical (unpaired) electrons. The Morgan fingerprint density at radius 3 is 2.94 bits per heavy atom. The lowest BCUT2D eigenvalue weighted by Gasteiger charge is -2.05. The van der Waals surface area contributed by atoms with Gasteiger partial charge in [0.1, 0.15) is 6.17 Å². The van der Waals surface area contributed by atoms with Crippen molar-refractivity contribution in [1.82, 2.24) is 0 Å². The zero-order valence-corrected chi connectivity index (χ0v) is 10.7. The van der Waals surface area contributed by atoms with Crippen LogP contribution in [-0.4, -0.2) is 6.17 Å². The van der Waals surface area contributed by atoms with E-state index >= 15 is 0 Å². The van der Waals surface area contributed by atoms with Crippen LogP contribution in [0, 0.1) is 0 Å². The Hall–Kier alpha value is -1.37. The van der Waals surface area contributed by atoms with Crippen LogP contribution in [0.4, 0.5) is 4.39 Å². The lowest BCUT2D eigenvalue weighted by molar-refractivity contribution is 0.430. The van der Waals surface area contributed by atoms with E-state index in [9.17, 15) is 4.39 Å². The molecule has 0 fully saturated rings. The van der Waals surface area contributed by atoms with Gasteiger partial charge < -0.3 is 0 Å². The van der Waals surface area contributed by atoms with Gasteiger partial charge in [-0.25, -0.2) is 4.39 Å². The molecule has 0 aliphatic heterocycles. The summed E-state index contributed by atoms with van der Waals surface area (Å²) in [6.45, 7) is 3.54. The third-order valence-corrected chi connectivity index (χ3v) is 2.65. The van der Waals surface area contributed by atoms with Crippen molar-refractivity contribution in [1.29, 1.82) is 0 Å². The summed E-state index contributed by atoms with van der Waals surface area (Å²) in [6.07, 6.45) is 18.4. The predicted molar refractivity (Wildman–Crippen MR) is 73.7 cm³/mol. The van der Waals surface area contributed by atoms with Crippen molar-refractivity contribution < 1.29 is 4.39 Å². The molecular weight excluding hydrogens is 211 g/mol. The molecule has 0 aromatic rings. The fourth-order valence-corrected chi connectivity index (χ4v) is 1.67. The summed E-state index contributed by atoms with van der Waals surface area (Å²) < 4.78 is 12.7. The van der Waals surface area contributed by atoms with Crippen molar-refractivity contribution in [2.24, 2.45) is 0 Å². The van der Waals surface area contributed by atoms with Crippen LogP contribution >= 0.6 is 0 Å². The Bertz CT molecular complexity index is 365. The first kappa shape index (κ1) is 13.7. The highest BCUT2D eigenvalue weighted by Crippen LogP contribution is 2.17. The highest BCUT2D eigenvalue weighted by Gasteiger charge is 1.98. The van der Waals surface area contributed by atoms with Crippen LogP contribution < -0.4 is 0 Å². The van der Waals surface area contributed by atoms with Gasteiger partial charge >= 0.3 is 0 Å². The maximum absolute atomic E-state index is 12.7. The van der Waals surface area contributed by atoms with Crippen LogP contribution in [0.25, 0.3) is 0 Å². The van der Waals surface area contributed by atoms with Gasteiger partial charge in [-0.15, -0.1) is 0 Å². The average molecular weight is 232 g/mol. The fraction of sp³-hybridized carbons (Fsp3) is 0.375. The molecule has 1 aliphatic carbocycles. The zero-order chi connectivity index (χ0) is 12.5. The molecule has 0 heterocycles. The summed E-state index contributed by atoms with van der Waals surface area (Å²) in [5.74, 6) is 0. The third-order valence-electron chi connectivity index (χ3n) is 2.65. The second-order valence-corrected chi connectivity index (χ2v) is 4.22. The third kappa shape index (κ3) is 6.06. The highest BCUT2D eigenvalue weighted by atomic mass is 19.1. The molecule has 1 heteroatoms. The lowest BCUT2D eigenvalue weighted by atomic mass is 10.0. The molecule has 92 valence electrons.